The molecule has 1 aromatic heterocycles. The van der Waals surface area contributed by atoms with E-state index in [4.69, 9.17) is 16.0 Å². The Bertz CT molecular complexity index is 1140. The number of hydrogen-bond donors (Lipinski definition) is 3. The van der Waals surface area contributed by atoms with Gasteiger partial charge in [-0.3, -0.25) is 4.79 Å². The molecule has 0 saturated carbocycles. The van der Waals surface area contributed by atoms with Crippen LogP contribution in [0.4, 0.5) is 0 Å². The predicted octanol–water partition coefficient (Wildman–Crippen LogP) is 1.56. The predicted molar refractivity (Wildman–Crippen MR) is 115 cm³/mol. The number of aliphatic hydroxyl groups excluding tert-OH is 1. The summed E-state index contributed by atoms with van der Waals surface area (Å²) in [4.78, 5) is 14.9. The van der Waals surface area contributed by atoms with Crippen LogP contribution in [0.5, 0.6) is 11.5 Å². The van der Waals surface area contributed by atoms with Gasteiger partial charge in [0.2, 0.25) is 0 Å². The van der Waals surface area contributed by atoms with Crippen molar-refractivity contribution in [2.24, 2.45) is 0 Å². The molecule has 3 N–H and O–H groups in total. The van der Waals surface area contributed by atoms with E-state index in [1.54, 1.807) is 12.1 Å². The lowest BCUT2D eigenvalue weighted by Gasteiger charge is -2.34. The van der Waals surface area contributed by atoms with Gasteiger partial charge in [0.05, 0.1) is 11.1 Å². The highest BCUT2D eigenvalue weighted by molar-refractivity contribution is 6.41. The molecule has 2 unspecified atom stereocenters. The minimum atomic E-state index is -0.747. The fourth-order valence-electron chi connectivity index (χ4n) is 4.17. The Balaban J connectivity index is 2.02. The molecule has 0 amide bonds. The molecule has 2 aromatic carbocycles. The fourth-order valence-corrected chi connectivity index (χ4v) is 4.49. The van der Waals surface area contributed by atoms with Crippen molar-refractivity contribution in [3.8, 4) is 22.8 Å². The molecular formula is C21H21BClNO5. The van der Waals surface area contributed by atoms with Gasteiger partial charge in [0, 0.05) is 35.7 Å². The molecule has 0 spiro atoms. The van der Waals surface area contributed by atoms with E-state index in [2.05, 4.69) is 0 Å². The second kappa shape index (κ2) is 7.41. The number of likely N-dealkylation sites (N-methyl/N-ethyl adjacent to an activating group) is 1. The summed E-state index contributed by atoms with van der Waals surface area (Å²) in [6, 6.07) is 7.79. The van der Waals surface area contributed by atoms with Crippen molar-refractivity contribution < 1.29 is 19.7 Å². The second-order valence-electron chi connectivity index (χ2n) is 7.66. The number of halogens is 1. The van der Waals surface area contributed by atoms with E-state index in [9.17, 15) is 20.1 Å². The summed E-state index contributed by atoms with van der Waals surface area (Å²) in [6.07, 6.45) is -0.173. The second-order valence-corrected chi connectivity index (χ2v) is 8.07. The number of benzene rings is 2. The third kappa shape index (κ3) is 3.39. The maximum atomic E-state index is 12.9. The summed E-state index contributed by atoms with van der Waals surface area (Å²) in [5.41, 5.74) is 1.37. The van der Waals surface area contributed by atoms with Gasteiger partial charge < -0.3 is 24.6 Å². The molecule has 0 aliphatic carbocycles. The fraction of sp³-hybridized carbons (Fsp3) is 0.286. The lowest BCUT2D eigenvalue weighted by molar-refractivity contribution is 0.0630. The summed E-state index contributed by atoms with van der Waals surface area (Å²) in [5, 5.41) is 32.0. The molecular weight excluding hydrogens is 392 g/mol. The van der Waals surface area contributed by atoms with Crippen LogP contribution in [0.15, 0.2) is 39.5 Å². The first-order valence-electron chi connectivity index (χ1n) is 9.42. The minimum absolute atomic E-state index is 0.0163. The van der Waals surface area contributed by atoms with Gasteiger partial charge in [-0.2, -0.15) is 0 Å². The van der Waals surface area contributed by atoms with Crippen LogP contribution in [0.2, 0.25) is 5.02 Å². The van der Waals surface area contributed by atoms with E-state index in [1.165, 1.54) is 6.07 Å². The first-order chi connectivity index (χ1) is 13.8. The van der Waals surface area contributed by atoms with E-state index in [-0.39, 0.29) is 28.2 Å². The quantitative estimate of drug-likeness (QED) is 0.552. The van der Waals surface area contributed by atoms with Crippen molar-refractivity contribution in [2.45, 2.75) is 18.4 Å². The Kier molecular flexibility index (Phi) is 5.06. The van der Waals surface area contributed by atoms with Crippen molar-refractivity contribution in [1.29, 1.82) is 0 Å². The number of hydrogen-bond acceptors (Lipinski definition) is 6. The standard InChI is InChI=1S/C21H21BClNO5/c1-24-6-5-10(16(28)9-24)18-13(25)7-14(26)20-15(27)8-17(29-21(18)20)19-11(22)3-2-4-12(19)23/h2-4,7-8,10,16,25-26,28H,5-6,9,22H2,1H3. The van der Waals surface area contributed by atoms with Crippen molar-refractivity contribution in [1.82, 2.24) is 4.90 Å². The van der Waals surface area contributed by atoms with Gasteiger partial charge in [-0.15, -0.1) is 0 Å². The minimum Gasteiger partial charge on any atom is -0.507 e. The van der Waals surface area contributed by atoms with Crippen molar-refractivity contribution >= 4 is 35.9 Å². The first kappa shape index (κ1) is 19.8. The molecule has 1 fully saturated rings. The monoisotopic (exact) mass is 413 g/mol. The molecule has 0 bridgehead atoms. The highest BCUT2D eigenvalue weighted by Crippen LogP contribution is 2.42. The number of phenols is 2. The molecule has 1 aliphatic rings. The largest absolute Gasteiger partial charge is 0.507 e. The van der Waals surface area contributed by atoms with Crippen LogP contribution in [-0.4, -0.2) is 54.3 Å². The zero-order chi connectivity index (χ0) is 20.9. The zero-order valence-corrected chi connectivity index (χ0v) is 16.9. The number of likely N-dealkylation sites (tertiary alicyclic amines) is 1. The summed E-state index contributed by atoms with van der Waals surface area (Å²) >= 11 is 6.35. The van der Waals surface area contributed by atoms with Crippen LogP contribution in [0.1, 0.15) is 17.9 Å². The molecule has 1 aliphatic heterocycles. The summed E-state index contributed by atoms with van der Waals surface area (Å²) in [6.45, 7) is 1.15. The average molecular weight is 414 g/mol. The van der Waals surface area contributed by atoms with E-state index >= 15 is 0 Å². The number of piperidine rings is 1. The molecule has 2 atom stereocenters. The SMILES string of the molecule is Bc1cccc(Cl)c1-c1cc(=O)c2c(O)cc(O)c(C3CCN(C)CC3O)c2o1. The van der Waals surface area contributed by atoms with Crippen molar-refractivity contribution in [2.75, 3.05) is 20.1 Å². The van der Waals surface area contributed by atoms with E-state index < -0.39 is 17.5 Å². The van der Waals surface area contributed by atoms with Crippen LogP contribution in [-0.2, 0) is 0 Å². The highest BCUT2D eigenvalue weighted by Gasteiger charge is 2.33. The number of β-amino-alcohol motifs (C(OH)–C–C–N with tert-alkyl or cyclic N) is 1. The molecule has 29 heavy (non-hydrogen) atoms. The molecule has 1 saturated heterocycles. The van der Waals surface area contributed by atoms with Gasteiger partial charge in [0.1, 0.15) is 36.1 Å². The average Bonchev–Trinajstić information content (AvgIpc) is 2.62. The third-order valence-electron chi connectivity index (χ3n) is 5.62. The summed E-state index contributed by atoms with van der Waals surface area (Å²) in [7, 11) is 3.76. The molecule has 4 rings (SSSR count). The molecule has 3 aromatic rings. The molecule has 6 nitrogen and oxygen atoms in total. The smallest absolute Gasteiger partial charge is 0.197 e. The highest BCUT2D eigenvalue weighted by atomic mass is 35.5. The molecule has 150 valence electrons. The number of phenolic OH excluding ortho intramolecular Hbond substituents is 2. The Morgan fingerprint density at radius 1 is 1.24 bits per heavy atom. The van der Waals surface area contributed by atoms with Crippen LogP contribution in [0.25, 0.3) is 22.3 Å². The maximum absolute atomic E-state index is 12.9. The lowest BCUT2D eigenvalue weighted by Crippen LogP contribution is -2.40. The number of aliphatic hydroxyl groups is 1. The number of fused-ring (bicyclic) bond motifs is 1. The topological polar surface area (TPSA) is 94.1 Å². The maximum Gasteiger partial charge on any atom is 0.197 e. The first-order valence-corrected chi connectivity index (χ1v) is 9.80. The van der Waals surface area contributed by atoms with Crippen LogP contribution >= 0.6 is 11.6 Å². The summed E-state index contributed by atoms with van der Waals surface area (Å²) < 4.78 is 6.08. The van der Waals surface area contributed by atoms with Gasteiger partial charge in [-0.25, -0.2) is 0 Å². The number of rotatable bonds is 2. The molecule has 2 heterocycles. The lowest BCUT2D eigenvalue weighted by atomic mass is 9.85. The van der Waals surface area contributed by atoms with E-state index in [1.807, 2.05) is 25.9 Å². The third-order valence-corrected chi connectivity index (χ3v) is 5.94. The Morgan fingerprint density at radius 2 is 2.00 bits per heavy atom. The Hall–Kier alpha value is -2.48. The van der Waals surface area contributed by atoms with Crippen LogP contribution in [0, 0.1) is 0 Å². The van der Waals surface area contributed by atoms with Crippen molar-refractivity contribution in [3.63, 3.8) is 0 Å². The van der Waals surface area contributed by atoms with Gasteiger partial charge in [0.15, 0.2) is 5.43 Å². The van der Waals surface area contributed by atoms with Crippen molar-refractivity contribution in [3.05, 3.63) is 51.1 Å². The van der Waals surface area contributed by atoms with Gasteiger partial charge in [-0.05, 0) is 26.1 Å². The number of aromatic hydroxyl groups is 2. The normalized spacial score (nSPS) is 20.2. The Morgan fingerprint density at radius 3 is 2.69 bits per heavy atom. The molecule has 0 radical (unpaired) electrons. The Labute approximate surface area is 173 Å². The zero-order valence-electron chi connectivity index (χ0n) is 16.1. The molecule has 8 heteroatoms. The van der Waals surface area contributed by atoms with Crippen LogP contribution < -0.4 is 10.9 Å². The van der Waals surface area contributed by atoms with Gasteiger partial charge in [0.25, 0.3) is 0 Å². The van der Waals surface area contributed by atoms with E-state index in [0.29, 0.717) is 29.1 Å². The number of nitrogens with zero attached hydrogens (tertiary/aromatic N) is 1. The van der Waals surface area contributed by atoms with Crippen LogP contribution in [0.3, 0.4) is 0 Å². The van der Waals surface area contributed by atoms with E-state index in [0.717, 1.165) is 18.1 Å². The van der Waals surface area contributed by atoms with Gasteiger partial charge >= 0.3 is 0 Å². The summed E-state index contributed by atoms with van der Waals surface area (Å²) in [5.74, 6) is -0.751. The van der Waals surface area contributed by atoms with Gasteiger partial charge in [-0.1, -0.05) is 29.2 Å².